The Morgan fingerprint density at radius 3 is 2.53 bits per heavy atom. The summed E-state index contributed by atoms with van der Waals surface area (Å²) in [6.07, 6.45) is 0.178. The Hall–Kier alpha value is -1.87. The third-order valence-electron chi connectivity index (χ3n) is 2.74. The lowest BCUT2D eigenvalue weighted by Crippen LogP contribution is -2.06. The van der Waals surface area contributed by atoms with Gasteiger partial charge in [0.25, 0.3) is 0 Å². The Bertz CT molecular complexity index is 594. The van der Waals surface area contributed by atoms with Crippen LogP contribution >= 0.6 is 11.6 Å². The first-order chi connectivity index (χ1) is 9.10. The standard InChI is InChI=1S/C15H12ClFO2/c1-19-15-7-4-11(16)9-13(15)14(18)8-10-2-5-12(17)6-3-10/h2-7,9H,8H2,1H3. The van der Waals surface area contributed by atoms with E-state index in [0.29, 0.717) is 16.3 Å². The Labute approximate surface area is 115 Å². The molecule has 0 unspecified atom stereocenters. The van der Waals surface area contributed by atoms with E-state index in [4.69, 9.17) is 16.3 Å². The van der Waals surface area contributed by atoms with Gasteiger partial charge in [0.2, 0.25) is 0 Å². The van der Waals surface area contributed by atoms with Gasteiger partial charge in [-0.15, -0.1) is 0 Å². The van der Waals surface area contributed by atoms with Gasteiger partial charge in [0.1, 0.15) is 11.6 Å². The second kappa shape index (κ2) is 5.85. The zero-order valence-electron chi connectivity index (χ0n) is 10.3. The molecule has 0 bridgehead atoms. The number of benzene rings is 2. The fourth-order valence-corrected chi connectivity index (χ4v) is 1.95. The topological polar surface area (TPSA) is 26.3 Å². The summed E-state index contributed by atoms with van der Waals surface area (Å²) in [5, 5.41) is 0.475. The molecule has 0 aliphatic carbocycles. The molecule has 0 amide bonds. The predicted octanol–water partition coefficient (Wildman–Crippen LogP) is 3.91. The molecule has 98 valence electrons. The SMILES string of the molecule is COc1ccc(Cl)cc1C(=O)Cc1ccc(F)cc1. The molecule has 19 heavy (non-hydrogen) atoms. The smallest absolute Gasteiger partial charge is 0.171 e. The quantitative estimate of drug-likeness (QED) is 0.793. The zero-order chi connectivity index (χ0) is 13.8. The second-order valence-corrected chi connectivity index (χ2v) is 4.51. The first-order valence-corrected chi connectivity index (χ1v) is 6.09. The minimum absolute atomic E-state index is 0.119. The van der Waals surface area contributed by atoms with Crippen LogP contribution in [0.4, 0.5) is 4.39 Å². The maximum absolute atomic E-state index is 12.8. The summed E-state index contributed by atoms with van der Waals surface area (Å²) in [5.74, 6) is 0.0407. The lowest BCUT2D eigenvalue weighted by atomic mass is 10.0. The molecule has 0 N–H and O–H groups in total. The fraction of sp³-hybridized carbons (Fsp3) is 0.133. The van der Waals surface area contributed by atoms with Gasteiger partial charge >= 0.3 is 0 Å². The normalized spacial score (nSPS) is 10.3. The van der Waals surface area contributed by atoms with E-state index in [2.05, 4.69) is 0 Å². The van der Waals surface area contributed by atoms with E-state index in [1.807, 2.05) is 0 Å². The maximum atomic E-state index is 12.8. The van der Waals surface area contributed by atoms with E-state index >= 15 is 0 Å². The molecule has 0 heterocycles. The van der Waals surface area contributed by atoms with Crippen molar-refractivity contribution in [1.82, 2.24) is 0 Å². The van der Waals surface area contributed by atoms with Crippen LogP contribution in [0, 0.1) is 5.82 Å². The molecular formula is C15H12ClFO2. The number of hydrogen-bond donors (Lipinski definition) is 0. The lowest BCUT2D eigenvalue weighted by molar-refractivity contribution is 0.0990. The molecule has 2 nitrogen and oxygen atoms in total. The number of rotatable bonds is 4. The molecule has 0 atom stereocenters. The van der Waals surface area contributed by atoms with Crippen molar-refractivity contribution in [3.63, 3.8) is 0 Å². The van der Waals surface area contributed by atoms with Gasteiger partial charge in [0, 0.05) is 11.4 Å². The molecule has 0 saturated heterocycles. The monoisotopic (exact) mass is 278 g/mol. The van der Waals surface area contributed by atoms with E-state index < -0.39 is 0 Å². The summed E-state index contributed by atoms with van der Waals surface area (Å²) in [5.41, 5.74) is 1.17. The van der Waals surface area contributed by atoms with Crippen molar-refractivity contribution >= 4 is 17.4 Å². The molecule has 0 radical (unpaired) electrons. The van der Waals surface area contributed by atoms with Crippen molar-refractivity contribution in [1.29, 1.82) is 0 Å². The average Bonchev–Trinajstić information content (AvgIpc) is 2.41. The number of halogens is 2. The highest BCUT2D eigenvalue weighted by atomic mass is 35.5. The minimum Gasteiger partial charge on any atom is -0.496 e. The number of carbonyl (C=O) groups excluding carboxylic acids is 1. The number of ketones is 1. The molecule has 0 aliphatic heterocycles. The third kappa shape index (κ3) is 3.32. The average molecular weight is 279 g/mol. The zero-order valence-corrected chi connectivity index (χ0v) is 11.1. The van der Waals surface area contributed by atoms with Crippen molar-refractivity contribution in [3.05, 3.63) is 64.4 Å². The van der Waals surface area contributed by atoms with Crippen LogP contribution in [0.1, 0.15) is 15.9 Å². The third-order valence-corrected chi connectivity index (χ3v) is 2.97. The Balaban J connectivity index is 2.24. The molecule has 0 aliphatic rings. The summed E-state index contributed by atoms with van der Waals surface area (Å²) in [7, 11) is 1.50. The molecule has 0 fully saturated rings. The molecule has 0 saturated carbocycles. The molecule has 2 aromatic carbocycles. The molecular weight excluding hydrogens is 267 g/mol. The van der Waals surface area contributed by atoms with Crippen LogP contribution in [0.15, 0.2) is 42.5 Å². The highest BCUT2D eigenvalue weighted by Gasteiger charge is 2.13. The highest BCUT2D eigenvalue weighted by Crippen LogP contribution is 2.24. The van der Waals surface area contributed by atoms with Crippen molar-refractivity contribution in [2.75, 3.05) is 7.11 Å². The van der Waals surface area contributed by atoms with Gasteiger partial charge < -0.3 is 4.74 Å². The van der Waals surface area contributed by atoms with Crippen LogP contribution in [-0.2, 0) is 6.42 Å². The molecule has 0 aromatic heterocycles. The molecule has 0 spiro atoms. The van der Waals surface area contributed by atoms with E-state index in [9.17, 15) is 9.18 Å². The summed E-state index contributed by atoms with van der Waals surface area (Å²) in [6, 6.07) is 10.7. The number of ether oxygens (including phenoxy) is 1. The Morgan fingerprint density at radius 1 is 1.21 bits per heavy atom. The van der Waals surface area contributed by atoms with Crippen LogP contribution in [0.3, 0.4) is 0 Å². The van der Waals surface area contributed by atoms with E-state index in [0.717, 1.165) is 5.56 Å². The van der Waals surface area contributed by atoms with Gasteiger partial charge in [0.15, 0.2) is 5.78 Å². The lowest BCUT2D eigenvalue weighted by Gasteiger charge is -2.08. The molecule has 2 aromatic rings. The second-order valence-electron chi connectivity index (χ2n) is 4.07. The number of hydrogen-bond acceptors (Lipinski definition) is 2. The van der Waals surface area contributed by atoms with E-state index in [1.54, 1.807) is 30.3 Å². The van der Waals surface area contributed by atoms with Gasteiger partial charge in [-0.2, -0.15) is 0 Å². The van der Waals surface area contributed by atoms with Crippen molar-refractivity contribution < 1.29 is 13.9 Å². The van der Waals surface area contributed by atoms with Crippen molar-refractivity contribution in [2.24, 2.45) is 0 Å². The predicted molar refractivity (Wildman–Crippen MR) is 72.4 cm³/mol. The summed E-state index contributed by atoms with van der Waals surface area (Å²) >= 11 is 5.88. The van der Waals surface area contributed by atoms with Crippen LogP contribution in [0.25, 0.3) is 0 Å². The van der Waals surface area contributed by atoms with Crippen LogP contribution in [0.2, 0.25) is 5.02 Å². The molecule has 4 heteroatoms. The first kappa shape index (κ1) is 13.6. The Kier molecular flexibility index (Phi) is 4.17. The van der Waals surface area contributed by atoms with Crippen LogP contribution in [0.5, 0.6) is 5.75 Å². The fourth-order valence-electron chi connectivity index (χ4n) is 1.78. The number of Topliss-reactive ketones (excluding diaryl/α,β-unsaturated/α-hetero) is 1. The van der Waals surface area contributed by atoms with Crippen molar-refractivity contribution in [3.8, 4) is 5.75 Å². The molecule has 2 rings (SSSR count). The summed E-state index contributed by atoms with van der Waals surface area (Å²) in [6.45, 7) is 0. The largest absolute Gasteiger partial charge is 0.496 e. The van der Waals surface area contributed by atoms with Gasteiger partial charge in [-0.25, -0.2) is 4.39 Å². The van der Waals surface area contributed by atoms with Crippen LogP contribution < -0.4 is 4.74 Å². The number of carbonyl (C=O) groups is 1. The Morgan fingerprint density at radius 2 is 1.89 bits per heavy atom. The minimum atomic E-state index is -0.323. The van der Waals surface area contributed by atoms with Gasteiger partial charge in [0.05, 0.1) is 12.7 Å². The van der Waals surface area contributed by atoms with Crippen LogP contribution in [-0.4, -0.2) is 12.9 Å². The highest BCUT2D eigenvalue weighted by molar-refractivity contribution is 6.31. The van der Waals surface area contributed by atoms with Gasteiger partial charge in [-0.1, -0.05) is 23.7 Å². The van der Waals surface area contributed by atoms with E-state index in [1.165, 1.54) is 19.2 Å². The summed E-state index contributed by atoms with van der Waals surface area (Å²) < 4.78 is 17.9. The van der Waals surface area contributed by atoms with Gasteiger partial charge in [-0.05, 0) is 35.9 Å². The van der Waals surface area contributed by atoms with Gasteiger partial charge in [-0.3, -0.25) is 4.79 Å². The maximum Gasteiger partial charge on any atom is 0.171 e. The first-order valence-electron chi connectivity index (χ1n) is 5.71. The van der Waals surface area contributed by atoms with E-state index in [-0.39, 0.29) is 18.0 Å². The summed E-state index contributed by atoms with van der Waals surface area (Å²) in [4.78, 5) is 12.2. The number of methoxy groups -OCH3 is 1. The van der Waals surface area contributed by atoms with Crippen molar-refractivity contribution in [2.45, 2.75) is 6.42 Å².